The quantitative estimate of drug-likeness (QED) is 0.157. The molecule has 1 fully saturated rings. The first kappa shape index (κ1) is 29.1. The Bertz CT molecular complexity index is 1210. The highest BCUT2D eigenvalue weighted by molar-refractivity contribution is 7.82. The summed E-state index contributed by atoms with van der Waals surface area (Å²) in [5, 5.41) is 3.56. The van der Waals surface area contributed by atoms with E-state index in [4.69, 9.17) is 16.2 Å². The van der Waals surface area contributed by atoms with Crippen LogP contribution in [0.25, 0.3) is 5.57 Å². The van der Waals surface area contributed by atoms with Crippen LogP contribution in [0.5, 0.6) is 0 Å². The van der Waals surface area contributed by atoms with Gasteiger partial charge in [0, 0.05) is 31.5 Å². The van der Waals surface area contributed by atoms with Crippen LogP contribution in [-0.4, -0.2) is 46.6 Å². The van der Waals surface area contributed by atoms with Gasteiger partial charge in [-0.05, 0) is 42.3 Å². The minimum atomic E-state index is -5.06. The van der Waals surface area contributed by atoms with Crippen LogP contribution in [0.2, 0.25) is 0 Å². The lowest BCUT2D eigenvalue weighted by Crippen LogP contribution is -2.28. The van der Waals surface area contributed by atoms with E-state index in [2.05, 4.69) is 10.5 Å². The smallest absolute Gasteiger partial charge is 0.382 e. The van der Waals surface area contributed by atoms with E-state index in [0.29, 0.717) is 43.3 Å². The second-order valence-electron chi connectivity index (χ2n) is 8.01. The number of halogens is 6. The fraction of sp³-hybridized carbons (Fsp3) is 0.304. The molecule has 0 aliphatic carbocycles. The Balaban J connectivity index is 1.82. The van der Waals surface area contributed by atoms with Crippen LogP contribution in [0, 0.1) is 0 Å². The fourth-order valence-electron chi connectivity index (χ4n) is 3.42. The van der Waals surface area contributed by atoms with Gasteiger partial charge in [0.05, 0.1) is 28.2 Å². The predicted octanol–water partition coefficient (Wildman–Crippen LogP) is 3.21. The molecule has 5 N–H and O–H groups in total. The number of hydrogen-bond donors (Lipinski definition) is 3. The molecule has 0 aromatic heterocycles. The van der Waals surface area contributed by atoms with Gasteiger partial charge in [0.25, 0.3) is 5.91 Å². The molecule has 1 aliphatic rings. The van der Waals surface area contributed by atoms with Crippen LogP contribution in [0.4, 0.5) is 26.3 Å². The summed E-state index contributed by atoms with van der Waals surface area (Å²) in [6.45, 7) is 2.10. The van der Waals surface area contributed by atoms with E-state index < -0.39 is 51.8 Å². The van der Waals surface area contributed by atoms with Crippen molar-refractivity contribution in [1.29, 1.82) is 0 Å². The molecule has 2 aromatic rings. The zero-order chi connectivity index (χ0) is 28.1. The summed E-state index contributed by atoms with van der Waals surface area (Å²) in [5.74, 6) is -1.61. The molecular weight excluding hydrogens is 540 g/mol. The summed E-state index contributed by atoms with van der Waals surface area (Å²) in [6.07, 6.45) is -8.39. The van der Waals surface area contributed by atoms with E-state index in [1.54, 1.807) is 4.31 Å². The highest BCUT2D eigenvalue weighted by Gasteiger charge is 2.37. The van der Waals surface area contributed by atoms with Crippen LogP contribution in [0.3, 0.4) is 0 Å². The molecule has 2 aromatic carbocycles. The van der Waals surface area contributed by atoms with Gasteiger partial charge in [0.1, 0.15) is 11.0 Å². The zero-order valence-corrected chi connectivity index (χ0v) is 20.4. The van der Waals surface area contributed by atoms with Gasteiger partial charge in [0.15, 0.2) is 5.84 Å². The number of carbonyl (C=O) groups excluding carboxylic acids is 1. The Labute approximate surface area is 215 Å². The van der Waals surface area contributed by atoms with Crippen molar-refractivity contribution in [2.45, 2.75) is 23.7 Å². The lowest BCUT2D eigenvalue weighted by atomic mass is 10.0. The molecule has 38 heavy (non-hydrogen) atoms. The molecule has 0 saturated carbocycles. The molecule has 1 saturated heterocycles. The average molecular weight is 564 g/mol. The number of nitrogens with zero attached hydrogens (tertiary/aromatic N) is 2. The fourth-order valence-corrected chi connectivity index (χ4v) is 4.62. The number of nitrogens with two attached hydrogens (primary N) is 2. The first-order valence-corrected chi connectivity index (χ1v) is 12.1. The Morgan fingerprint density at radius 3 is 2.11 bits per heavy atom. The van der Waals surface area contributed by atoms with Crippen molar-refractivity contribution in [2.24, 2.45) is 16.6 Å². The van der Waals surface area contributed by atoms with Crippen LogP contribution in [-0.2, 0) is 32.9 Å². The summed E-state index contributed by atoms with van der Waals surface area (Å²) in [5.41, 5.74) is 9.67. The molecule has 0 spiro atoms. The third kappa shape index (κ3) is 7.55. The second kappa shape index (κ2) is 12.0. The molecule has 1 atom stereocenters. The SMILES string of the molecule is NC(=O)/C(=C/N/N=C(\N)c1cc(C(F)(F)F)cc(C(F)(F)F)c1)c1ccc(S(=O)N2CCCOCC2)cc1. The molecule has 1 aliphatic heterocycles. The van der Waals surface area contributed by atoms with E-state index in [-0.39, 0.29) is 17.2 Å². The number of hydrazone groups is 1. The molecule has 1 unspecified atom stereocenters. The maximum Gasteiger partial charge on any atom is 0.416 e. The molecule has 0 radical (unpaired) electrons. The number of nitrogens with one attached hydrogen (secondary N) is 1. The van der Waals surface area contributed by atoms with Gasteiger partial charge in [-0.3, -0.25) is 10.2 Å². The van der Waals surface area contributed by atoms with E-state index in [1.165, 1.54) is 24.3 Å². The van der Waals surface area contributed by atoms with E-state index in [1.807, 2.05) is 0 Å². The van der Waals surface area contributed by atoms with Crippen molar-refractivity contribution in [2.75, 3.05) is 26.3 Å². The van der Waals surface area contributed by atoms with E-state index in [0.717, 1.165) is 12.6 Å². The van der Waals surface area contributed by atoms with Gasteiger partial charge in [-0.25, -0.2) is 8.51 Å². The Morgan fingerprint density at radius 1 is 0.947 bits per heavy atom. The largest absolute Gasteiger partial charge is 0.416 e. The lowest BCUT2D eigenvalue weighted by Gasteiger charge is -2.18. The minimum Gasteiger partial charge on any atom is -0.382 e. The van der Waals surface area contributed by atoms with Crippen LogP contribution < -0.4 is 16.9 Å². The number of hydrogen-bond acceptors (Lipinski definition) is 5. The van der Waals surface area contributed by atoms with E-state index >= 15 is 0 Å². The van der Waals surface area contributed by atoms with Crippen LogP contribution in [0.15, 0.2) is 58.7 Å². The first-order valence-electron chi connectivity index (χ1n) is 11.0. The number of amides is 1. The van der Waals surface area contributed by atoms with Gasteiger partial charge < -0.3 is 16.2 Å². The summed E-state index contributed by atoms with van der Waals surface area (Å²) in [4.78, 5) is 12.4. The molecule has 15 heteroatoms. The van der Waals surface area contributed by atoms with Gasteiger partial charge >= 0.3 is 12.4 Å². The third-order valence-electron chi connectivity index (χ3n) is 5.33. The van der Waals surface area contributed by atoms with E-state index in [9.17, 15) is 35.3 Å². The lowest BCUT2D eigenvalue weighted by molar-refractivity contribution is -0.143. The summed E-state index contributed by atoms with van der Waals surface area (Å²) < 4.78 is 98.4. The topological polar surface area (TPSA) is 123 Å². The van der Waals surface area contributed by atoms with Gasteiger partial charge in [-0.1, -0.05) is 12.1 Å². The highest BCUT2D eigenvalue weighted by Crippen LogP contribution is 2.36. The normalized spacial score (nSPS) is 17.1. The van der Waals surface area contributed by atoms with Gasteiger partial charge in [-0.15, -0.1) is 0 Å². The number of alkyl halides is 6. The predicted molar refractivity (Wildman–Crippen MR) is 127 cm³/mol. The molecular formula is C23H23F6N5O3S. The molecule has 8 nitrogen and oxygen atoms in total. The van der Waals surface area contributed by atoms with Gasteiger partial charge in [0.2, 0.25) is 0 Å². The zero-order valence-electron chi connectivity index (χ0n) is 19.6. The molecule has 206 valence electrons. The third-order valence-corrected chi connectivity index (χ3v) is 6.84. The standard InChI is InChI=1S/C23H23F6N5O3S/c24-22(25,26)16-10-15(11-17(12-16)23(27,28)29)20(30)33-32-13-19(21(31)35)14-2-4-18(5-3-14)38(36)34-6-1-8-37-9-7-34/h2-5,10-13,32H,1,6-9H2,(H2,30,33)(H2,31,35)/b19-13+. The Morgan fingerprint density at radius 2 is 1.55 bits per heavy atom. The number of benzene rings is 2. The van der Waals surface area contributed by atoms with Gasteiger partial charge in [-0.2, -0.15) is 31.4 Å². The molecule has 3 rings (SSSR count). The minimum absolute atomic E-state index is 0.0351. The van der Waals surface area contributed by atoms with Crippen molar-refractivity contribution in [1.82, 2.24) is 9.73 Å². The summed E-state index contributed by atoms with van der Waals surface area (Å²) in [7, 11) is -1.46. The molecule has 1 heterocycles. The number of ether oxygens (including phenoxy) is 1. The van der Waals surface area contributed by atoms with Crippen molar-refractivity contribution in [3.8, 4) is 0 Å². The van der Waals surface area contributed by atoms with Crippen molar-refractivity contribution < 1.29 is 40.1 Å². The number of carbonyl (C=O) groups is 1. The highest BCUT2D eigenvalue weighted by atomic mass is 32.2. The van der Waals surface area contributed by atoms with Crippen molar-refractivity contribution in [3.05, 3.63) is 70.9 Å². The maximum absolute atomic E-state index is 13.1. The maximum atomic E-state index is 13.1. The van der Waals surface area contributed by atoms with Crippen LogP contribution >= 0.6 is 0 Å². The van der Waals surface area contributed by atoms with Crippen molar-refractivity contribution in [3.63, 3.8) is 0 Å². The molecule has 1 amide bonds. The summed E-state index contributed by atoms with van der Waals surface area (Å²) in [6, 6.07) is 6.84. The molecule has 0 bridgehead atoms. The number of rotatable bonds is 7. The van der Waals surface area contributed by atoms with Crippen LogP contribution in [0.1, 0.15) is 28.7 Å². The number of amidine groups is 1. The average Bonchev–Trinajstić information content (AvgIpc) is 3.14. The van der Waals surface area contributed by atoms with Crippen molar-refractivity contribution >= 4 is 28.3 Å². The number of primary amides is 1. The Hall–Kier alpha value is -3.43. The second-order valence-corrected chi connectivity index (χ2v) is 9.50. The first-order chi connectivity index (χ1) is 17.8. The monoisotopic (exact) mass is 563 g/mol. The Kier molecular flexibility index (Phi) is 9.17. The summed E-state index contributed by atoms with van der Waals surface area (Å²) >= 11 is 0.